The molecule has 2 aromatic carbocycles. The molecule has 2 heterocycles. The maximum absolute atomic E-state index is 13.5. The minimum absolute atomic E-state index is 0.283. The second-order valence-electron chi connectivity index (χ2n) is 6.63. The van der Waals surface area contributed by atoms with E-state index in [4.69, 9.17) is 0 Å². The quantitative estimate of drug-likeness (QED) is 0.387. The molecular weight excluding hydrogens is 440 g/mol. The van der Waals surface area contributed by atoms with Crippen molar-refractivity contribution >= 4 is 53.7 Å². The van der Waals surface area contributed by atoms with E-state index in [1.165, 1.54) is 23.5 Å². The molecule has 30 heavy (non-hydrogen) atoms. The summed E-state index contributed by atoms with van der Waals surface area (Å²) >= 11 is 1.47. The highest BCUT2D eigenvalue weighted by molar-refractivity contribution is 7.92. The summed E-state index contributed by atoms with van der Waals surface area (Å²) in [4.78, 5) is 4.56. The summed E-state index contributed by atoms with van der Waals surface area (Å²) in [7, 11) is -5.19. The summed E-state index contributed by atoms with van der Waals surface area (Å²) in [5.41, 5.74) is -3.84. The van der Waals surface area contributed by atoms with Crippen LogP contribution in [0.15, 0.2) is 53.9 Å². The molecule has 0 amide bonds. The first-order valence-corrected chi connectivity index (χ1v) is 11.3. The molecule has 0 radical (unpaired) electrons. The van der Waals surface area contributed by atoms with Gasteiger partial charge in [-0.05, 0) is 47.7 Å². The second-order valence-corrected chi connectivity index (χ2v) is 9.64. The Hall–Kier alpha value is -2.72. The van der Waals surface area contributed by atoms with E-state index in [2.05, 4.69) is 10.3 Å². The molecule has 0 saturated carbocycles. The Morgan fingerprint density at radius 2 is 1.83 bits per heavy atom. The Bertz CT molecular complexity index is 1350. The van der Waals surface area contributed by atoms with Crippen molar-refractivity contribution in [3.05, 3.63) is 65.3 Å². The average Bonchev–Trinajstić information content (AvgIpc) is 3.16. The third-order valence-corrected chi connectivity index (χ3v) is 6.95. The number of fused-ring (bicyclic) bond motifs is 3. The highest BCUT2D eigenvalue weighted by Crippen LogP contribution is 2.35. The topological polar surface area (TPSA) is 59.1 Å². The molecule has 1 N–H and O–H groups in total. The minimum atomic E-state index is -5.27. The van der Waals surface area contributed by atoms with Crippen molar-refractivity contribution in [3.63, 3.8) is 0 Å². The van der Waals surface area contributed by atoms with Gasteiger partial charge in [0.15, 0.2) is 0 Å². The second kappa shape index (κ2) is 7.51. The van der Waals surface area contributed by atoms with Crippen LogP contribution < -0.4 is 5.32 Å². The maximum Gasteiger partial charge on any atom is 0.497 e. The summed E-state index contributed by atoms with van der Waals surface area (Å²) < 4.78 is 74.8. The van der Waals surface area contributed by atoms with Crippen LogP contribution in [0.4, 0.5) is 29.1 Å². The van der Waals surface area contributed by atoms with Crippen molar-refractivity contribution in [2.75, 3.05) is 11.1 Å². The third kappa shape index (κ3) is 3.97. The summed E-state index contributed by atoms with van der Waals surface area (Å²) in [6.45, 7) is 0. The van der Waals surface area contributed by atoms with Gasteiger partial charge in [-0.1, -0.05) is 18.2 Å². The summed E-state index contributed by atoms with van der Waals surface area (Å²) in [5.74, 6) is -0.961. The number of benzene rings is 2. The van der Waals surface area contributed by atoms with Gasteiger partial charge in [0.05, 0.1) is 11.3 Å². The van der Waals surface area contributed by atoms with Crippen LogP contribution in [0.2, 0.25) is 0 Å². The average molecular weight is 454 g/mol. The summed E-state index contributed by atoms with van der Waals surface area (Å²) in [6, 6.07) is 12.7. The largest absolute Gasteiger partial charge is 0.497 e. The first-order valence-electron chi connectivity index (χ1n) is 8.75. The molecule has 2 aromatic heterocycles. The first kappa shape index (κ1) is 20.5. The Kier molecular flexibility index (Phi) is 5.15. The highest BCUT2D eigenvalue weighted by atomic mass is 32.2. The molecule has 10 heteroatoms. The van der Waals surface area contributed by atoms with Crippen LogP contribution in [0.5, 0.6) is 0 Å². The fraction of sp³-hybridized carbons (Fsp3) is 0.150. The number of anilines is 2. The van der Waals surface area contributed by atoms with Crippen LogP contribution in [0.1, 0.15) is 5.56 Å². The van der Waals surface area contributed by atoms with E-state index in [9.17, 15) is 26.0 Å². The Labute approximate surface area is 173 Å². The molecule has 0 aliphatic rings. The number of nitrogens with one attached hydrogen (secondary N) is 1. The van der Waals surface area contributed by atoms with Crippen LogP contribution in [-0.4, -0.2) is 24.7 Å². The van der Waals surface area contributed by atoms with E-state index in [1.807, 2.05) is 11.4 Å². The number of aryl methyl sites for hydroxylation is 1. The van der Waals surface area contributed by atoms with E-state index in [0.29, 0.717) is 22.6 Å². The van der Waals surface area contributed by atoms with Crippen molar-refractivity contribution in [3.8, 4) is 0 Å². The molecule has 0 saturated heterocycles. The van der Waals surface area contributed by atoms with Crippen LogP contribution in [0.3, 0.4) is 0 Å². The van der Waals surface area contributed by atoms with Gasteiger partial charge < -0.3 is 5.32 Å². The normalized spacial score (nSPS) is 12.5. The number of nitrogens with zero attached hydrogens (tertiary/aromatic N) is 1. The lowest BCUT2D eigenvalue weighted by molar-refractivity contribution is -0.0435. The molecule has 0 aliphatic carbocycles. The molecular formula is C20H14F4N2O2S2. The molecule has 0 spiro atoms. The van der Waals surface area contributed by atoms with Gasteiger partial charge >= 0.3 is 5.51 Å². The monoisotopic (exact) mass is 454 g/mol. The lowest BCUT2D eigenvalue weighted by atomic mass is 10.1. The van der Waals surface area contributed by atoms with Crippen molar-refractivity contribution in [1.29, 1.82) is 0 Å². The molecule has 0 bridgehead atoms. The van der Waals surface area contributed by atoms with Crippen LogP contribution in [0, 0.1) is 5.82 Å². The fourth-order valence-corrected chi connectivity index (χ4v) is 4.74. The number of thiophene rings is 1. The molecule has 0 fully saturated rings. The van der Waals surface area contributed by atoms with Gasteiger partial charge in [-0.25, -0.2) is 17.8 Å². The van der Waals surface area contributed by atoms with Crippen LogP contribution in [-0.2, 0) is 16.3 Å². The first-order chi connectivity index (χ1) is 14.1. The fourth-order valence-electron chi connectivity index (χ4n) is 3.07. The van der Waals surface area contributed by atoms with Gasteiger partial charge in [-0.2, -0.15) is 13.2 Å². The number of hydrogen-bond donors (Lipinski definition) is 1. The van der Waals surface area contributed by atoms with E-state index >= 15 is 0 Å². The number of aromatic nitrogens is 1. The van der Waals surface area contributed by atoms with Gasteiger partial charge in [-0.15, -0.1) is 11.3 Å². The predicted octanol–water partition coefficient (Wildman–Crippen LogP) is 5.81. The van der Waals surface area contributed by atoms with Crippen LogP contribution in [0.25, 0.3) is 21.0 Å². The van der Waals surface area contributed by atoms with Gasteiger partial charge in [0.1, 0.15) is 11.6 Å². The molecule has 0 aliphatic heterocycles. The molecule has 4 aromatic rings. The smallest absolute Gasteiger partial charge is 0.340 e. The molecule has 156 valence electrons. The molecule has 4 nitrogen and oxygen atoms in total. The number of alkyl halides is 3. The SMILES string of the molecule is O=S(=O)(CCc1ccc2c(c1)nc(Nc1cccc(F)c1)c1ccsc12)C(F)(F)F. The summed E-state index contributed by atoms with van der Waals surface area (Å²) in [5, 5.41) is 6.58. The molecule has 0 atom stereocenters. The Morgan fingerprint density at radius 3 is 2.57 bits per heavy atom. The molecule has 4 rings (SSSR count). The maximum atomic E-state index is 13.5. The lowest BCUT2D eigenvalue weighted by Crippen LogP contribution is -2.27. The van der Waals surface area contributed by atoms with E-state index in [-0.39, 0.29) is 6.42 Å². The standard InChI is InChI=1S/C20H14F4N2O2S2/c21-13-2-1-3-14(11-13)25-19-16-6-8-29-18(16)15-5-4-12(10-17(15)26-19)7-9-30(27,28)20(22,23)24/h1-6,8,10-11H,7,9H2,(H,25,26). The van der Waals surface area contributed by atoms with Gasteiger partial charge in [0.25, 0.3) is 0 Å². The van der Waals surface area contributed by atoms with Crippen molar-refractivity contribution in [1.82, 2.24) is 4.98 Å². The van der Waals surface area contributed by atoms with Crippen LogP contribution >= 0.6 is 11.3 Å². The minimum Gasteiger partial charge on any atom is -0.340 e. The van der Waals surface area contributed by atoms with Gasteiger partial charge in [0, 0.05) is 21.2 Å². The highest BCUT2D eigenvalue weighted by Gasteiger charge is 2.44. The number of halogens is 4. The lowest BCUT2D eigenvalue weighted by Gasteiger charge is -2.11. The van der Waals surface area contributed by atoms with Gasteiger partial charge in [-0.3, -0.25) is 0 Å². The Balaban J connectivity index is 1.72. The molecule has 0 unspecified atom stereocenters. The number of sulfone groups is 1. The Morgan fingerprint density at radius 1 is 1.03 bits per heavy atom. The van der Waals surface area contributed by atoms with Crippen molar-refractivity contribution in [2.24, 2.45) is 0 Å². The summed E-state index contributed by atoms with van der Waals surface area (Å²) in [6.07, 6.45) is -0.283. The zero-order valence-electron chi connectivity index (χ0n) is 15.2. The number of pyridine rings is 1. The van der Waals surface area contributed by atoms with Crippen molar-refractivity contribution in [2.45, 2.75) is 11.9 Å². The van der Waals surface area contributed by atoms with Crippen molar-refractivity contribution < 1.29 is 26.0 Å². The van der Waals surface area contributed by atoms with E-state index < -0.39 is 26.9 Å². The number of hydrogen-bond acceptors (Lipinski definition) is 5. The van der Waals surface area contributed by atoms with Gasteiger partial charge in [0.2, 0.25) is 9.84 Å². The zero-order chi connectivity index (χ0) is 21.5. The van der Waals surface area contributed by atoms with E-state index in [1.54, 1.807) is 30.3 Å². The zero-order valence-corrected chi connectivity index (χ0v) is 16.8. The predicted molar refractivity (Wildman–Crippen MR) is 110 cm³/mol. The number of rotatable bonds is 5. The van der Waals surface area contributed by atoms with E-state index in [0.717, 1.165) is 15.5 Å². The third-order valence-electron chi connectivity index (χ3n) is 4.56.